The Morgan fingerprint density at radius 3 is 2.56 bits per heavy atom. The lowest BCUT2D eigenvalue weighted by molar-refractivity contribution is -0.114. The van der Waals surface area contributed by atoms with Gasteiger partial charge in [-0.3, -0.25) is 9.69 Å². The van der Waals surface area contributed by atoms with Crippen molar-refractivity contribution in [2.45, 2.75) is 20.8 Å². The Morgan fingerprint density at radius 1 is 1.19 bits per heavy atom. The van der Waals surface area contributed by atoms with Crippen molar-refractivity contribution in [1.82, 2.24) is 14.8 Å². The van der Waals surface area contributed by atoms with Crippen LogP contribution in [0.15, 0.2) is 59.2 Å². The van der Waals surface area contributed by atoms with Crippen molar-refractivity contribution >= 4 is 33.7 Å². The number of halogens is 1. The van der Waals surface area contributed by atoms with E-state index in [2.05, 4.69) is 26.0 Å². The van der Waals surface area contributed by atoms with E-state index in [0.717, 1.165) is 27.1 Å². The highest BCUT2D eigenvalue weighted by molar-refractivity contribution is 9.10. The maximum absolute atomic E-state index is 12.7. The van der Waals surface area contributed by atoms with Crippen LogP contribution in [0.1, 0.15) is 23.9 Å². The number of nitrogens with zero attached hydrogens (tertiary/aromatic N) is 4. The monoisotopic (exact) mass is 424 g/mol. The van der Waals surface area contributed by atoms with Crippen molar-refractivity contribution in [2.75, 3.05) is 11.4 Å². The molecule has 0 atom stereocenters. The second kappa shape index (κ2) is 8.31. The summed E-state index contributed by atoms with van der Waals surface area (Å²) in [5.74, 6) is 0.516. The molecule has 1 amide bonds. The lowest BCUT2D eigenvalue weighted by Crippen LogP contribution is -2.29. The summed E-state index contributed by atoms with van der Waals surface area (Å²) in [6, 6.07) is 13.7. The maximum Gasteiger partial charge on any atom is 0.252 e. The molecule has 0 unspecified atom stereocenters. The summed E-state index contributed by atoms with van der Waals surface area (Å²) in [5, 5.41) is 4.61. The number of aryl methyl sites for hydroxylation is 1. The van der Waals surface area contributed by atoms with Crippen LogP contribution >= 0.6 is 15.9 Å². The van der Waals surface area contributed by atoms with E-state index < -0.39 is 0 Å². The van der Waals surface area contributed by atoms with Crippen LogP contribution in [-0.4, -0.2) is 27.2 Å². The molecule has 0 saturated heterocycles. The lowest BCUT2D eigenvalue weighted by Gasteiger charge is -2.17. The van der Waals surface area contributed by atoms with Crippen molar-refractivity contribution in [3.8, 4) is 5.69 Å². The first-order valence-corrected chi connectivity index (χ1v) is 9.53. The van der Waals surface area contributed by atoms with Crippen LogP contribution in [0.2, 0.25) is 0 Å². The summed E-state index contributed by atoms with van der Waals surface area (Å²) in [4.78, 5) is 18.6. The Kier molecular flexibility index (Phi) is 5.86. The Hall–Kier alpha value is -2.73. The van der Waals surface area contributed by atoms with Gasteiger partial charge in [-0.2, -0.15) is 5.10 Å². The highest BCUT2D eigenvalue weighted by atomic mass is 79.9. The number of amides is 1. The molecule has 0 N–H and O–H groups in total. The van der Waals surface area contributed by atoms with E-state index in [0.29, 0.717) is 12.4 Å². The molecule has 0 aliphatic rings. The normalized spacial score (nSPS) is 11.1. The Bertz CT molecular complexity index is 962. The van der Waals surface area contributed by atoms with Crippen LogP contribution in [0, 0.1) is 13.8 Å². The topological polar surface area (TPSA) is 51.0 Å². The number of hydrogen-bond donors (Lipinski definition) is 0. The zero-order valence-electron chi connectivity index (χ0n) is 15.6. The first-order chi connectivity index (χ1) is 13.0. The third kappa shape index (κ3) is 4.17. The summed E-state index contributed by atoms with van der Waals surface area (Å²) < 4.78 is 2.78. The zero-order chi connectivity index (χ0) is 19.4. The summed E-state index contributed by atoms with van der Waals surface area (Å²) >= 11 is 3.36. The van der Waals surface area contributed by atoms with Crippen LogP contribution in [0.4, 0.5) is 5.82 Å². The number of carbonyl (C=O) groups excluding carboxylic acids is 1. The van der Waals surface area contributed by atoms with Crippen LogP contribution in [0.5, 0.6) is 0 Å². The molecule has 6 heteroatoms. The molecule has 27 heavy (non-hydrogen) atoms. The predicted octanol–water partition coefficient (Wildman–Crippen LogP) is 4.71. The molecule has 1 aromatic carbocycles. The number of pyridine rings is 1. The van der Waals surface area contributed by atoms with Crippen molar-refractivity contribution in [1.29, 1.82) is 0 Å². The van der Waals surface area contributed by atoms with Gasteiger partial charge in [0, 0.05) is 34.5 Å². The SMILES string of the molecule is CCN(C(=O)/C=C/c1c(C)nn(-c2ccccc2)c1C)c1ccc(Br)cn1. The molecule has 0 spiro atoms. The first-order valence-electron chi connectivity index (χ1n) is 8.74. The minimum Gasteiger partial charge on any atom is -0.294 e. The van der Waals surface area contributed by atoms with E-state index in [1.54, 1.807) is 17.2 Å². The fourth-order valence-electron chi connectivity index (χ4n) is 2.92. The zero-order valence-corrected chi connectivity index (χ0v) is 17.1. The molecule has 0 aliphatic heterocycles. The number of aromatic nitrogens is 3. The predicted molar refractivity (Wildman–Crippen MR) is 112 cm³/mol. The van der Waals surface area contributed by atoms with Gasteiger partial charge in [0.15, 0.2) is 0 Å². The highest BCUT2D eigenvalue weighted by Crippen LogP contribution is 2.20. The number of rotatable bonds is 5. The van der Waals surface area contributed by atoms with Crippen LogP contribution in [-0.2, 0) is 4.79 Å². The second-order valence-electron chi connectivity index (χ2n) is 6.08. The number of likely N-dealkylation sites (N-methyl/N-ethyl adjacent to an activating group) is 1. The number of carbonyl (C=O) groups is 1. The minimum absolute atomic E-state index is 0.112. The third-order valence-electron chi connectivity index (χ3n) is 4.31. The largest absolute Gasteiger partial charge is 0.294 e. The molecule has 0 aliphatic carbocycles. The van der Waals surface area contributed by atoms with Gasteiger partial charge >= 0.3 is 0 Å². The summed E-state index contributed by atoms with van der Waals surface area (Å²) in [6.07, 6.45) is 5.10. The summed E-state index contributed by atoms with van der Waals surface area (Å²) in [6.45, 7) is 6.42. The molecular formula is C21H21BrN4O. The molecule has 2 heterocycles. The average Bonchev–Trinajstić information content (AvgIpc) is 2.96. The van der Waals surface area contributed by atoms with Crippen LogP contribution in [0.3, 0.4) is 0 Å². The van der Waals surface area contributed by atoms with Gasteiger partial charge < -0.3 is 0 Å². The standard InChI is InChI=1S/C21H21BrN4O/c1-4-25(20-12-10-17(22)14-23-20)21(27)13-11-19-15(2)24-26(16(19)3)18-8-6-5-7-9-18/h5-14H,4H2,1-3H3/b13-11+. The fourth-order valence-corrected chi connectivity index (χ4v) is 3.15. The van der Waals surface area contributed by atoms with Gasteiger partial charge in [-0.25, -0.2) is 9.67 Å². The number of hydrogen-bond acceptors (Lipinski definition) is 3. The molecule has 0 radical (unpaired) electrons. The molecule has 0 bridgehead atoms. The van der Waals surface area contributed by atoms with Crippen molar-refractivity contribution in [2.24, 2.45) is 0 Å². The van der Waals surface area contributed by atoms with Gasteiger partial charge in [0.2, 0.25) is 0 Å². The van der Waals surface area contributed by atoms with E-state index in [1.807, 2.05) is 74.0 Å². The van der Waals surface area contributed by atoms with Gasteiger partial charge in [0.25, 0.3) is 5.91 Å². The lowest BCUT2D eigenvalue weighted by atomic mass is 10.1. The van der Waals surface area contributed by atoms with Crippen molar-refractivity contribution < 1.29 is 4.79 Å². The molecule has 3 aromatic rings. The van der Waals surface area contributed by atoms with E-state index in [1.165, 1.54) is 0 Å². The highest BCUT2D eigenvalue weighted by Gasteiger charge is 2.14. The van der Waals surface area contributed by atoms with Crippen molar-refractivity contribution in [3.05, 3.63) is 76.2 Å². The maximum atomic E-state index is 12.7. The third-order valence-corrected chi connectivity index (χ3v) is 4.78. The minimum atomic E-state index is -0.112. The Labute approximate surface area is 167 Å². The van der Waals surface area contributed by atoms with E-state index in [-0.39, 0.29) is 5.91 Å². The number of para-hydroxylation sites is 1. The molecule has 0 saturated carbocycles. The van der Waals surface area contributed by atoms with Crippen LogP contribution < -0.4 is 4.90 Å². The smallest absolute Gasteiger partial charge is 0.252 e. The van der Waals surface area contributed by atoms with Crippen molar-refractivity contribution in [3.63, 3.8) is 0 Å². The number of anilines is 1. The molecule has 3 rings (SSSR count). The quantitative estimate of drug-likeness (QED) is 0.557. The van der Waals surface area contributed by atoms with Gasteiger partial charge in [0.05, 0.1) is 11.4 Å². The first kappa shape index (κ1) is 19.0. The number of benzene rings is 1. The molecule has 2 aromatic heterocycles. The Balaban J connectivity index is 1.86. The molecule has 5 nitrogen and oxygen atoms in total. The summed E-state index contributed by atoms with van der Waals surface area (Å²) in [5.41, 5.74) is 3.82. The fraction of sp³-hybridized carbons (Fsp3) is 0.190. The van der Waals surface area contributed by atoms with E-state index in [4.69, 9.17) is 0 Å². The van der Waals surface area contributed by atoms with Gasteiger partial charge in [-0.1, -0.05) is 18.2 Å². The van der Waals surface area contributed by atoms with E-state index >= 15 is 0 Å². The molecule has 0 fully saturated rings. The molecular weight excluding hydrogens is 404 g/mol. The van der Waals surface area contributed by atoms with Gasteiger partial charge in [0.1, 0.15) is 5.82 Å². The average molecular weight is 425 g/mol. The molecule has 138 valence electrons. The second-order valence-corrected chi connectivity index (χ2v) is 7.00. The Morgan fingerprint density at radius 2 is 1.93 bits per heavy atom. The summed E-state index contributed by atoms with van der Waals surface area (Å²) in [7, 11) is 0. The van der Waals surface area contributed by atoms with E-state index in [9.17, 15) is 4.79 Å². The van der Waals surface area contributed by atoms with Crippen LogP contribution in [0.25, 0.3) is 11.8 Å². The van der Waals surface area contributed by atoms with Gasteiger partial charge in [-0.15, -0.1) is 0 Å². The van der Waals surface area contributed by atoms with Gasteiger partial charge in [-0.05, 0) is 67.0 Å².